The smallest absolute Gasteiger partial charge is 0.250 e. The van der Waals surface area contributed by atoms with E-state index in [0.29, 0.717) is 33.9 Å². The van der Waals surface area contributed by atoms with E-state index in [9.17, 15) is 14.9 Å². The lowest BCUT2D eigenvalue weighted by Gasteiger charge is -2.26. The van der Waals surface area contributed by atoms with Gasteiger partial charge < -0.3 is 24.5 Å². The van der Waals surface area contributed by atoms with Crippen molar-refractivity contribution in [2.24, 2.45) is 0 Å². The van der Waals surface area contributed by atoms with E-state index in [0.717, 1.165) is 0 Å². The first-order chi connectivity index (χ1) is 15.4. The molecule has 9 heteroatoms. The van der Waals surface area contributed by atoms with Crippen LogP contribution < -0.4 is 25.5 Å². The number of Topliss-reactive ketones (excluding diaryl/α,β-unsaturated/α-hetero) is 1. The maximum Gasteiger partial charge on any atom is 0.250 e. The lowest BCUT2D eigenvalue weighted by molar-refractivity contribution is -0.123. The number of rotatable bonds is 5. The molecule has 9 nitrogen and oxygen atoms in total. The van der Waals surface area contributed by atoms with Gasteiger partial charge in [-0.1, -0.05) is 0 Å². The number of fused-ring (bicyclic) bond motifs is 1. The van der Waals surface area contributed by atoms with Gasteiger partial charge in [-0.25, -0.2) is 4.98 Å². The van der Waals surface area contributed by atoms with Gasteiger partial charge in [-0.2, -0.15) is 5.26 Å². The molecule has 0 aliphatic carbocycles. The van der Waals surface area contributed by atoms with Gasteiger partial charge in [-0.3, -0.25) is 9.59 Å². The first kappa shape index (κ1) is 20.9. The van der Waals surface area contributed by atoms with Gasteiger partial charge in [0.15, 0.2) is 17.3 Å². The quantitative estimate of drug-likeness (QED) is 0.649. The number of hydrogen-bond acceptors (Lipinski definition) is 8. The van der Waals surface area contributed by atoms with Gasteiger partial charge in [0.25, 0.3) is 5.56 Å². The molecular weight excluding hydrogens is 412 g/mol. The van der Waals surface area contributed by atoms with Crippen LogP contribution in [0, 0.1) is 11.3 Å². The second kappa shape index (κ2) is 8.43. The first-order valence-electron chi connectivity index (χ1n) is 9.73. The fraction of sp³-hybridized carbons (Fsp3) is 0.217. The molecule has 1 aliphatic rings. The Kier molecular flexibility index (Phi) is 5.52. The number of hydrogen-bond donors (Lipinski definition) is 1. The van der Waals surface area contributed by atoms with Gasteiger partial charge in [0.1, 0.15) is 24.2 Å². The fourth-order valence-electron chi connectivity index (χ4n) is 3.66. The molecule has 3 aromatic rings. The Morgan fingerprint density at radius 2 is 1.94 bits per heavy atom. The molecule has 0 saturated heterocycles. The molecule has 1 aliphatic heterocycles. The molecule has 1 atom stereocenters. The van der Waals surface area contributed by atoms with E-state index in [4.69, 9.17) is 19.9 Å². The molecule has 1 aromatic carbocycles. The molecule has 3 heterocycles. The van der Waals surface area contributed by atoms with E-state index in [2.05, 4.69) is 4.98 Å². The Bertz CT molecular complexity index is 1310. The van der Waals surface area contributed by atoms with Crippen LogP contribution in [-0.4, -0.2) is 36.2 Å². The summed E-state index contributed by atoms with van der Waals surface area (Å²) in [4.78, 5) is 29.4. The molecule has 32 heavy (non-hydrogen) atoms. The second-order valence-electron chi connectivity index (χ2n) is 7.23. The summed E-state index contributed by atoms with van der Waals surface area (Å²) in [5.41, 5.74) is 7.61. The maximum atomic E-state index is 12.7. The molecule has 0 fully saturated rings. The number of methoxy groups -OCH3 is 2. The van der Waals surface area contributed by atoms with Crippen LogP contribution in [0.2, 0.25) is 0 Å². The van der Waals surface area contributed by atoms with Crippen molar-refractivity contribution in [2.75, 3.05) is 26.6 Å². The van der Waals surface area contributed by atoms with E-state index in [1.54, 1.807) is 30.5 Å². The Balaban J connectivity index is 1.74. The van der Waals surface area contributed by atoms with Gasteiger partial charge >= 0.3 is 0 Å². The van der Waals surface area contributed by atoms with Crippen LogP contribution in [0.25, 0.3) is 11.1 Å². The zero-order valence-electron chi connectivity index (χ0n) is 17.5. The summed E-state index contributed by atoms with van der Waals surface area (Å²) in [5.74, 6) is 0.847. The number of nitrogen functional groups attached to an aromatic ring is 1. The Morgan fingerprint density at radius 1 is 1.19 bits per heavy atom. The number of pyridine rings is 2. The topological polar surface area (TPSA) is 129 Å². The van der Waals surface area contributed by atoms with Crippen molar-refractivity contribution in [3.05, 3.63) is 64.2 Å². The molecule has 2 N–H and O–H groups in total. The highest BCUT2D eigenvalue weighted by Gasteiger charge is 2.31. The number of nitrogens with zero attached hydrogens (tertiary/aromatic N) is 3. The van der Waals surface area contributed by atoms with E-state index >= 15 is 0 Å². The molecule has 0 saturated carbocycles. The van der Waals surface area contributed by atoms with Crippen LogP contribution in [0.1, 0.15) is 17.0 Å². The normalized spacial score (nSPS) is 14.8. The molecule has 2 aromatic heterocycles. The third kappa shape index (κ3) is 3.74. The molecule has 0 spiro atoms. The van der Waals surface area contributed by atoms with E-state index < -0.39 is 5.92 Å². The maximum absolute atomic E-state index is 12.7. The summed E-state index contributed by atoms with van der Waals surface area (Å²) < 4.78 is 17.7. The summed E-state index contributed by atoms with van der Waals surface area (Å²) in [6.45, 7) is 0.0138. The highest BCUT2D eigenvalue weighted by Crippen LogP contribution is 2.41. The SMILES string of the molecule is COc1cc2c(cc1OC)C(Cn1cc(-c3cnc(N)c(C#N)c3)ccc1=O)C(=O)CO2. The minimum atomic E-state index is -0.606. The number of aromatic nitrogens is 2. The van der Waals surface area contributed by atoms with Crippen molar-refractivity contribution < 1.29 is 19.0 Å². The summed E-state index contributed by atoms with van der Waals surface area (Å²) in [6, 6.07) is 10.0. The third-order valence-electron chi connectivity index (χ3n) is 5.39. The fourth-order valence-corrected chi connectivity index (χ4v) is 3.66. The van der Waals surface area contributed by atoms with Crippen LogP contribution in [-0.2, 0) is 11.3 Å². The molecule has 0 bridgehead atoms. The first-order valence-corrected chi connectivity index (χ1v) is 9.73. The zero-order chi connectivity index (χ0) is 22.8. The van der Waals surface area contributed by atoms with E-state index in [1.165, 1.54) is 31.0 Å². The minimum absolute atomic E-state index is 0.102. The van der Waals surface area contributed by atoms with Gasteiger partial charge in [0.2, 0.25) is 0 Å². The predicted molar refractivity (Wildman–Crippen MR) is 116 cm³/mol. The van der Waals surface area contributed by atoms with Crippen LogP contribution in [0.5, 0.6) is 17.2 Å². The van der Waals surface area contributed by atoms with Gasteiger partial charge in [-0.15, -0.1) is 0 Å². The summed E-state index contributed by atoms with van der Waals surface area (Å²) in [6.07, 6.45) is 3.17. The van der Waals surface area contributed by atoms with Gasteiger partial charge in [0.05, 0.1) is 25.7 Å². The van der Waals surface area contributed by atoms with Crippen LogP contribution in [0.3, 0.4) is 0 Å². The van der Waals surface area contributed by atoms with Crippen LogP contribution in [0.4, 0.5) is 5.82 Å². The number of ether oxygens (including phenoxy) is 3. The molecule has 0 amide bonds. The van der Waals surface area contributed by atoms with Crippen molar-refractivity contribution in [3.8, 4) is 34.4 Å². The number of nitrogens with two attached hydrogens (primary N) is 1. The summed E-state index contributed by atoms with van der Waals surface area (Å²) >= 11 is 0. The van der Waals surface area contributed by atoms with Crippen LogP contribution >= 0.6 is 0 Å². The average Bonchev–Trinajstić information content (AvgIpc) is 2.81. The van der Waals surface area contributed by atoms with Gasteiger partial charge in [0, 0.05) is 42.2 Å². The average molecular weight is 432 g/mol. The summed E-state index contributed by atoms with van der Waals surface area (Å²) in [7, 11) is 3.03. The lowest BCUT2D eigenvalue weighted by Crippen LogP contribution is -2.32. The Morgan fingerprint density at radius 3 is 2.66 bits per heavy atom. The van der Waals surface area contributed by atoms with Gasteiger partial charge in [-0.05, 0) is 23.8 Å². The highest BCUT2D eigenvalue weighted by atomic mass is 16.5. The van der Waals surface area contributed by atoms with Crippen molar-refractivity contribution >= 4 is 11.6 Å². The Hall–Kier alpha value is -4.32. The Labute approximate surface area is 183 Å². The van der Waals surface area contributed by atoms with Crippen molar-refractivity contribution in [3.63, 3.8) is 0 Å². The number of benzene rings is 1. The predicted octanol–water partition coefficient (Wildman–Crippen LogP) is 2.13. The molecular formula is C23H20N4O5. The van der Waals surface area contributed by atoms with E-state index in [-0.39, 0.29) is 35.9 Å². The molecule has 0 radical (unpaired) electrons. The largest absolute Gasteiger partial charge is 0.493 e. The molecule has 1 unspecified atom stereocenters. The third-order valence-corrected chi connectivity index (χ3v) is 5.39. The summed E-state index contributed by atoms with van der Waals surface area (Å²) in [5, 5.41) is 9.21. The van der Waals surface area contributed by atoms with Crippen molar-refractivity contribution in [1.29, 1.82) is 5.26 Å². The lowest BCUT2D eigenvalue weighted by atomic mass is 9.91. The molecule has 162 valence electrons. The van der Waals surface area contributed by atoms with Crippen LogP contribution in [0.15, 0.2) is 47.5 Å². The van der Waals surface area contributed by atoms with Crippen molar-refractivity contribution in [1.82, 2.24) is 9.55 Å². The monoisotopic (exact) mass is 432 g/mol. The number of ketones is 1. The zero-order valence-corrected chi connectivity index (χ0v) is 17.5. The molecule has 4 rings (SSSR count). The number of carbonyl (C=O) groups is 1. The number of anilines is 1. The highest BCUT2D eigenvalue weighted by molar-refractivity contribution is 5.89. The minimum Gasteiger partial charge on any atom is -0.493 e. The van der Waals surface area contributed by atoms with Crippen molar-refractivity contribution in [2.45, 2.75) is 12.5 Å². The van der Waals surface area contributed by atoms with E-state index in [1.807, 2.05) is 6.07 Å². The second-order valence-corrected chi connectivity index (χ2v) is 7.23. The number of carbonyl (C=O) groups excluding carboxylic acids is 1. The number of nitriles is 1. The standard InChI is InChI=1S/C23H20N4O5/c1-30-20-6-16-17(18(28)12-32-19(16)7-21(20)31-2)11-27-10-13(3-4-22(27)29)15-5-14(8-24)23(25)26-9-15/h3-7,9-10,17H,11-12H2,1-2H3,(H2,25,26).